The molecule has 0 aliphatic carbocycles. The Morgan fingerprint density at radius 1 is 1.03 bits per heavy atom. The van der Waals surface area contributed by atoms with Crippen molar-refractivity contribution in [3.63, 3.8) is 0 Å². The Kier molecular flexibility index (Phi) is 7.28. The van der Waals surface area contributed by atoms with Crippen molar-refractivity contribution in [2.75, 3.05) is 6.61 Å². The van der Waals surface area contributed by atoms with Crippen LogP contribution in [0.1, 0.15) is 44.1 Å². The Morgan fingerprint density at radius 2 is 1.74 bits per heavy atom. The predicted octanol–water partition coefficient (Wildman–Crippen LogP) is 3.52. The summed E-state index contributed by atoms with van der Waals surface area (Å²) in [5.41, 5.74) is 0.954. The smallest absolute Gasteiger partial charge is 0.349 e. The number of benzene rings is 2. The number of carbonyl (C=O) groups excluding carboxylic acids is 1. The van der Waals surface area contributed by atoms with Gasteiger partial charge in [0.05, 0.1) is 13.2 Å². The monoisotopic (exact) mass is 423 g/mol. The zero-order chi connectivity index (χ0) is 22.3. The molecule has 3 rings (SSSR count). The number of esters is 1. The first-order valence-corrected chi connectivity index (χ1v) is 10.5. The molecule has 7 nitrogen and oxygen atoms in total. The Balaban J connectivity index is 1.50. The molecule has 1 aromatic heterocycles. The third-order valence-corrected chi connectivity index (χ3v) is 4.84. The molecule has 31 heavy (non-hydrogen) atoms. The molecule has 164 valence electrons. The topological polar surface area (TPSA) is 86.2 Å². The molecule has 1 heterocycles. The van der Waals surface area contributed by atoms with Crippen molar-refractivity contribution < 1.29 is 14.3 Å². The van der Waals surface area contributed by atoms with Gasteiger partial charge in [-0.05, 0) is 56.9 Å². The number of hydrogen-bond acceptors (Lipinski definition) is 5. The minimum absolute atomic E-state index is 0.190. The van der Waals surface area contributed by atoms with E-state index in [1.54, 1.807) is 20.8 Å². The maximum Gasteiger partial charge on any atom is 0.349 e. The Hall–Kier alpha value is -3.35. The average Bonchev–Trinajstić information content (AvgIpc) is 3.09. The van der Waals surface area contributed by atoms with Crippen LogP contribution in [0.25, 0.3) is 0 Å². The molecule has 3 aromatic rings. The van der Waals surface area contributed by atoms with Crippen LogP contribution in [0, 0.1) is 0 Å². The van der Waals surface area contributed by atoms with Crippen molar-refractivity contribution in [1.82, 2.24) is 14.8 Å². The van der Waals surface area contributed by atoms with Gasteiger partial charge >= 0.3 is 11.7 Å². The molecule has 0 spiro atoms. The highest BCUT2D eigenvalue weighted by Crippen LogP contribution is 2.21. The largest absolute Gasteiger partial charge is 0.476 e. The molecule has 0 amide bonds. The van der Waals surface area contributed by atoms with Gasteiger partial charge < -0.3 is 9.47 Å². The molecule has 0 unspecified atom stereocenters. The molecule has 0 radical (unpaired) electrons. The van der Waals surface area contributed by atoms with Gasteiger partial charge in [-0.1, -0.05) is 42.5 Å². The number of carbonyl (C=O) groups is 1. The molecule has 0 aliphatic rings. The number of ether oxygens (including phenoxy) is 2. The highest BCUT2D eigenvalue weighted by molar-refractivity contribution is 5.79. The van der Waals surface area contributed by atoms with Crippen molar-refractivity contribution in [3.05, 3.63) is 82.0 Å². The molecule has 0 aliphatic heterocycles. The van der Waals surface area contributed by atoms with Gasteiger partial charge in [0, 0.05) is 6.42 Å². The predicted molar refractivity (Wildman–Crippen MR) is 118 cm³/mol. The highest BCUT2D eigenvalue weighted by Gasteiger charge is 2.31. The standard InChI is InChI=1S/C24H29N3O4/c1-4-30-22(28)24(2,3)31-20-15-13-18(14-16-20)11-8-12-21-25-23(29)27(26-21)17-19-9-6-5-7-10-19/h5-7,9-10,13-16H,4,8,11-12,17H2,1-3H3,(H,25,26,29). The lowest BCUT2D eigenvalue weighted by Gasteiger charge is -2.24. The SMILES string of the molecule is CCOC(=O)C(C)(C)Oc1ccc(CCCc2nn(Cc3ccccc3)c(=O)[nH]2)cc1. The summed E-state index contributed by atoms with van der Waals surface area (Å²) in [5.74, 6) is 0.919. The number of aryl methyl sites for hydroxylation is 2. The number of nitrogens with zero attached hydrogens (tertiary/aromatic N) is 2. The fraction of sp³-hybridized carbons (Fsp3) is 0.375. The van der Waals surface area contributed by atoms with E-state index in [1.165, 1.54) is 4.68 Å². The van der Waals surface area contributed by atoms with Crippen LogP contribution >= 0.6 is 0 Å². The van der Waals surface area contributed by atoms with Gasteiger partial charge in [-0.25, -0.2) is 14.3 Å². The quantitative estimate of drug-likeness (QED) is 0.504. The minimum atomic E-state index is -1.04. The van der Waals surface area contributed by atoms with Crippen LogP contribution in [0.4, 0.5) is 0 Å². The van der Waals surface area contributed by atoms with E-state index in [4.69, 9.17) is 9.47 Å². The second-order valence-electron chi connectivity index (χ2n) is 7.85. The van der Waals surface area contributed by atoms with Crippen molar-refractivity contribution in [2.45, 2.75) is 52.2 Å². The number of nitrogens with one attached hydrogen (secondary N) is 1. The van der Waals surface area contributed by atoms with Crippen LogP contribution in [0.15, 0.2) is 59.4 Å². The lowest BCUT2D eigenvalue weighted by Crippen LogP contribution is -2.39. The minimum Gasteiger partial charge on any atom is -0.476 e. The fourth-order valence-corrected chi connectivity index (χ4v) is 3.21. The Morgan fingerprint density at radius 3 is 2.42 bits per heavy atom. The molecule has 1 N–H and O–H groups in total. The van der Waals surface area contributed by atoms with Crippen molar-refractivity contribution in [2.24, 2.45) is 0 Å². The van der Waals surface area contributed by atoms with Crippen LogP contribution in [0.3, 0.4) is 0 Å². The van der Waals surface area contributed by atoms with Crippen LogP contribution in [-0.2, 0) is 28.9 Å². The summed E-state index contributed by atoms with van der Waals surface area (Å²) in [6.45, 7) is 5.93. The van der Waals surface area contributed by atoms with E-state index in [0.717, 1.165) is 24.0 Å². The van der Waals surface area contributed by atoms with E-state index in [0.29, 0.717) is 31.1 Å². The van der Waals surface area contributed by atoms with Gasteiger partial charge in [0.2, 0.25) is 0 Å². The second kappa shape index (κ2) is 10.1. The van der Waals surface area contributed by atoms with E-state index < -0.39 is 5.60 Å². The maximum absolute atomic E-state index is 12.1. The van der Waals surface area contributed by atoms with Crippen molar-refractivity contribution in [1.29, 1.82) is 0 Å². The van der Waals surface area contributed by atoms with E-state index in [2.05, 4.69) is 10.1 Å². The zero-order valence-electron chi connectivity index (χ0n) is 18.3. The van der Waals surface area contributed by atoms with Crippen LogP contribution in [0.2, 0.25) is 0 Å². The number of hydrogen-bond donors (Lipinski definition) is 1. The highest BCUT2D eigenvalue weighted by atomic mass is 16.6. The summed E-state index contributed by atoms with van der Waals surface area (Å²) >= 11 is 0. The van der Waals surface area contributed by atoms with Crippen LogP contribution in [-0.4, -0.2) is 32.9 Å². The Bertz CT molecular complexity index is 1040. The third kappa shape index (κ3) is 6.31. The number of rotatable bonds is 10. The third-order valence-electron chi connectivity index (χ3n) is 4.84. The normalized spacial score (nSPS) is 11.3. The van der Waals surface area contributed by atoms with Gasteiger partial charge in [-0.2, -0.15) is 5.10 Å². The summed E-state index contributed by atoms with van der Waals surface area (Å²) in [5, 5.41) is 4.41. The van der Waals surface area contributed by atoms with Crippen molar-refractivity contribution in [3.8, 4) is 5.75 Å². The molecular formula is C24H29N3O4. The van der Waals surface area contributed by atoms with Gasteiger partial charge in [0.15, 0.2) is 5.60 Å². The number of aromatic amines is 1. The zero-order valence-corrected chi connectivity index (χ0v) is 18.3. The summed E-state index contributed by atoms with van der Waals surface area (Å²) < 4.78 is 12.3. The lowest BCUT2D eigenvalue weighted by molar-refractivity contribution is -0.158. The molecule has 0 atom stereocenters. The van der Waals surface area contributed by atoms with Gasteiger partial charge in [0.1, 0.15) is 11.6 Å². The maximum atomic E-state index is 12.1. The van der Waals surface area contributed by atoms with Crippen LogP contribution in [0.5, 0.6) is 5.75 Å². The molecule has 2 aromatic carbocycles. The van der Waals surface area contributed by atoms with Crippen molar-refractivity contribution >= 4 is 5.97 Å². The van der Waals surface area contributed by atoms with E-state index in [-0.39, 0.29) is 11.7 Å². The first-order chi connectivity index (χ1) is 14.9. The average molecular weight is 424 g/mol. The summed E-state index contributed by atoms with van der Waals surface area (Å²) in [6.07, 6.45) is 2.38. The lowest BCUT2D eigenvalue weighted by atomic mass is 10.1. The van der Waals surface area contributed by atoms with Gasteiger partial charge in [0.25, 0.3) is 0 Å². The molecular weight excluding hydrogens is 394 g/mol. The molecule has 7 heteroatoms. The van der Waals surface area contributed by atoms with E-state index in [1.807, 2.05) is 54.6 Å². The summed E-state index contributed by atoms with van der Waals surface area (Å²) in [7, 11) is 0. The molecule has 0 saturated carbocycles. The van der Waals surface area contributed by atoms with E-state index >= 15 is 0 Å². The number of aromatic nitrogens is 3. The molecule has 0 fully saturated rings. The summed E-state index contributed by atoms with van der Waals surface area (Å²) in [4.78, 5) is 26.9. The first-order valence-electron chi connectivity index (χ1n) is 10.5. The summed E-state index contributed by atoms with van der Waals surface area (Å²) in [6, 6.07) is 17.5. The second-order valence-corrected chi connectivity index (χ2v) is 7.85. The number of H-pyrrole nitrogens is 1. The van der Waals surface area contributed by atoms with Crippen LogP contribution < -0.4 is 10.4 Å². The fourth-order valence-electron chi connectivity index (χ4n) is 3.21. The molecule has 0 saturated heterocycles. The Labute approximate surface area is 182 Å². The van der Waals surface area contributed by atoms with Gasteiger partial charge in [-0.3, -0.25) is 4.98 Å². The van der Waals surface area contributed by atoms with Gasteiger partial charge in [-0.15, -0.1) is 0 Å². The molecule has 0 bridgehead atoms. The van der Waals surface area contributed by atoms with E-state index in [9.17, 15) is 9.59 Å². The first kappa shape index (κ1) is 22.3.